The molecule has 2 atom stereocenters. The number of nitro benzene ring substituents is 1. The highest BCUT2D eigenvalue weighted by Gasteiger charge is 2.23. The molecule has 0 spiro atoms. The van der Waals surface area contributed by atoms with Gasteiger partial charge >= 0.3 is 0 Å². The molecule has 1 rings (SSSR count). The lowest BCUT2D eigenvalue weighted by Crippen LogP contribution is -2.45. The SMILES string of the molecule is CCC(C)C(N)C(=O)N(C)Cc1cc([N+](=O)[O-])ccc1Cl.Cl. The number of nitro groups is 1. The Morgan fingerprint density at radius 1 is 1.50 bits per heavy atom. The summed E-state index contributed by atoms with van der Waals surface area (Å²) in [6, 6.07) is 3.58. The monoisotopic (exact) mass is 349 g/mol. The third-order valence-corrected chi connectivity index (χ3v) is 3.93. The molecule has 2 unspecified atom stereocenters. The maximum atomic E-state index is 12.2. The first-order chi connectivity index (χ1) is 9.77. The number of nitrogens with two attached hydrogens (primary N) is 1. The third-order valence-electron chi connectivity index (χ3n) is 3.57. The minimum absolute atomic E-state index is 0. The summed E-state index contributed by atoms with van der Waals surface area (Å²) >= 11 is 6.03. The first-order valence-electron chi connectivity index (χ1n) is 6.71. The van der Waals surface area contributed by atoms with Crippen LogP contribution in [0, 0.1) is 16.0 Å². The number of carbonyl (C=O) groups excluding carboxylic acids is 1. The van der Waals surface area contributed by atoms with Crippen LogP contribution in [-0.4, -0.2) is 28.8 Å². The van der Waals surface area contributed by atoms with E-state index >= 15 is 0 Å². The molecule has 124 valence electrons. The van der Waals surface area contributed by atoms with Crippen LogP contribution in [0.15, 0.2) is 18.2 Å². The van der Waals surface area contributed by atoms with Crippen LogP contribution < -0.4 is 5.73 Å². The van der Waals surface area contributed by atoms with Gasteiger partial charge in [-0.3, -0.25) is 14.9 Å². The molecule has 8 heteroatoms. The van der Waals surface area contributed by atoms with E-state index in [9.17, 15) is 14.9 Å². The highest BCUT2D eigenvalue weighted by atomic mass is 35.5. The molecule has 6 nitrogen and oxygen atoms in total. The number of rotatable bonds is 6. The van der Waals surface area contributed by atoms with Gasteiger partial charge in [-0.05, 0) is 17.5 Å². The molecule has 0 heterocycles. The fourth-order valence-corrected chi connectivity index (χ4v) is 2.06. The van der Waals surface area contributed by atoms with E-state index in [1.54, 1.807) is 7.05 Å². The second-order valence-corrected chi connectivity index (χ2v) is 5.55. The molecule has 2 N–H and O–H groups in total. The van der Waals surface area contributed by atoms with Gasteiger partial charge in [0.2, 0.25) is 5.91 Å². The molecule has 0 saturated carbocycles. The average Bonchev–Trinajstić information content (AvgIpc) is 2.46. The molecular weight excluding hydrogens is 329 g/mol. The number of amides is 1. The molecule has 0 radical (unpaired) electrons. The van der Waals surface area contributed by atoms with Gasteiger partial charge in [-0.15, -0.1) is 12.4 Å². The number of carbonyl (C=O) groups is 1. The molecule has 1 amide bonds. The summed E-state index contributed by atoms with van der Waals surface area (Å²) in [6.07, 6.45) is 0.804. The highest BCUT2D eigenvalue weighted by molar-refractivity contribution is 6.31. The molecular formula is C14H21Cl2N3O3. The van der Waals surface area contributed by atoms with Gasteiger partial charge in [0.05, 0.1) is 11.0 Å². The van der Waals surface area contributed by atoms with Crippen molar-refractivity contribution in [1.82, 2.24) is 4.90 Å². The number of nitrogens with zero attached hydrogens (tertiary/aromatic N) is 2. The zero-order valence-electron chi connectivity index (χ0n) is 12.8. The van der Waals surface area contributed by atoms with Crippen LogP contribution in [-0.2, 0) is 11.3 Å². The van der Waals surface area contributed by atoms with Crippen molar-refractivity contribution >= 4 is 35.6 Å². The van der Waals surface area contributed by atoms with E-state index in [1.165, 1.54) is 23.1 Å². The highest BCUT2D eigenvalue weighted by Crippen LogP contribution is 2.23. The van der Waals surface area contributed by atoms with Crippen LogP contribution in [0.1, 0.15) is 25.8 Å². The Hall–Kier alpha value is -1.37. The molecule has 0 aliphatic carbocycles. The van der Waals surface area contributed by atoms with Crippen molar-refractivity contribution in [2.45, 2.75) is 32.9 Å². The summed E-state index contributed by atoms with van der Waals surface area (Å²) in [6.45, 7) is 4.06. The predicted molar refractivity (Wildman–Crippen MR) is 89.3 cm³/mol. The van der Waals surface area contributed by atoms with Crippen LogP contribution in [0.5, 0.6) is 0 Å². The lowest BCUT2D eigenvalue weighted by molar-refractivity contribution is -0.384. The van der Waals surface area contributed by atoms with Crippen molar-refractivity contribution in [2.24, 2.45) is 11.7 Å². The van der Waals surface area contributed by atoms with Gasteiger partial charge in [0.1, 0.15) is 0 Å². The number of non-ortho nitro benzene ring substituents is 1. The smallest absolute Gasteiger partial charge is 0.269 e. The maximum Gasteiger partial charge on any atom is 0.269 e. The second-order valence-electron chi connectivity index (χ2n) is 5.14. The van der Waals surface area contributed by atoms with Crippen LogP contribution >= 0.6 is 24.0 Å². The minimum atomic E-state index is -0.586. The fraction of sp³-hybridized carbons (Fsp3) is 0.500. The molecule has 0 saturated heterocycles. The first-order valence-corrected chi connectivity index (χ1v) is 7.09. The van der Waals surface area contributed by atoms with Gasteiger partial charge in [-0.1, -0.05) is 31.9 Å². The average molecular weight is 350 g/mol. The molecule has 1 aromatic carbocycles. The summed E-state index contributed by atoms with van der Waals surface area (Å²) in [5.41, 5.74) is 6.38. The van der Waals surface area contributed by atoms with Gasteiger partial charge in [0.25, 0.3) is 5.69 Å². The third kappa shape index (κ3) is 5.12. The van der Waals surface area contributed by atoms with Crippen LogP contribution in [0.25, 0.3) is 0 Å². The van der Waals surface area contributed by atoms with Crippen LogP contribution in [0.2, 0.25) is 5.02 Å². The molecule has 1 aromatic rings. The zero-order chi connectivity index (χ0) is 16.2. The Morgan fingerprint density at radius 3 is 2.59 bits per heavy atom. The Bertz CT molecular complexity index is 540. The van der Waals surface area contributed by atoms with Crippen molar-refractivity contribution < 1.29 is 9.72 Å². The number of halogens is 2. The summed E-state index contributed by atoms with van der Waals surface area (Å²) in [4.78, 5) is 23.9. The van der Waals surface area contributed by atoms with Crippen molar-refractivity contribution in [2.75, 3.05) is 7.05 Å². The Kier molecular flexibility index (Phi) is 8.37. The van der Waals surface area contributed by atoms with Crippen molar-refractivity contribution in [1.29, 1.82) is 0 Å². The van der Waals surface area contributed by atoms with E-state index in [1.807, 2.05) is 13.8 Å². The first kappa shape index (κ1) is 20.6. The van der Waals surface area contributed by atoms with E-state index in [-0.39, 0.29) is 36.5 Å². The van der Waals surface area contributed by atoms with Gasteiger partial charge in [-0.25, -0.2) is 0 Å². The number of hydrogen-bond donors (Lipinski definition) is 1. The van der Waals surface area contributed by atoms with Crippen LogP contribution in [0.3, 0.4) is 0 Å². The summed E-state index contributed by atoms with van der Waals surface area (Å²) in [5.74, 6) is -0.132. The predicted octanol–water partition coefficient (Wildman–Crippen LogP) is 3.00. The van der Waals surface area contributed by atoms with Crippen molar-refractivity contribution in [3.8, 4) is 0 Å². The normalized spacial score (nSPS) is 13.0. The largest absolute Gasteiger partial charge is 0.340 e. The van der Waals surface area contributed by atoms with Crippen molar-refractivity contribution in [3.05, 3.63) is 38.9 Å². The molecule has 0 aromatic heterocycles. The lowest BCUT2D eigenvalue weighted by atomic mass is 9.99. The maximum absolute atomic E-state index is 12.2. The number of likely N-dealkylation sites (N-methyl/N-ethyl adjacent to an activating group) is 1. The van der Waals surface area contributed by atoms with Gasteiger partial charge in [0.15, 0.2) is 0 Å². The molecule has 0 bridgehead atoms. The molecule has 22 heavy (non-hydrogen) atoms. The second kappa shape index (κ2) is 8.92. The molecule has 0 aliphatic heterocycles. The minimum Gasteiger partial charge on any atom is -0.340 e. The number of hydrogen-bond acceptors (Lipinski definition) is 4. The molecule has 0 fully saturated rings. The standard InChI is InChI=1S/C14H20ClN3O3.ClH/c1-4-9(2)13(16)14(19)17(3)8-10-7-11(18(20)21)5-6-12(10)15;/h5-7,9,13H,4,8,16H2,1-3H3;1H. The lowest BCUT2D eigenvalue weighted by Gasteiger charge is -2.25. The van der Waals surface area contributed by atoms with Gasteiger partial charge in [-0.2, -0.15) is 0 Å². The van der Waals surface area contributed by atoms with E-state index in [2.05, 4.69) is 0 Å². The van der Waals surface area contributed by atoms with Gasteiger partial charge in [0, 0.05) is 30.7 Å². The number of benzene rings is 1. The van der Waals surface area contributed by atoms with Gasteiger partial charge < -0.3 is 10.6 Å². The topological polar surface area (TPSA) is 89.5 Å². The Morgan fingerprint density at radius 2 is 2.09 bits per heavy atom. The van der Waals surface area contributed by atoms with E-state index < -0.39 is 11.0 Å². The fourth-order valence-electron chi connectivity index (χ4n) is 1.88. The summed E-state index contributed by atoms with van der Waals surface area (Å²) < 4.78 is 0. The Labute approximate surface area is 141 Å². The Balaban J connectivity index is 0.00000441. The van der Waals surface area contributed by atoms with Crippen molar-refractivity contribution in [3.63, 3.8) is 0 Å². The summed E-state index contributed by atoms with van der Waals surface area (Å²) in [7, 11) is 1.61. The molecule has 0 aliphatic rings. The van der Waals surface area contributed by atoms with E-state index in [0.29, 0.717) is 10.6 Å². The van der Waals surface area contributed by atoms with E-state index in [4.69, 9.17) is 17.3 Å². The summed E-state index contributed by atoms with van der Waals surface area (Å²) in [5, 5.41) is 11.2. The van der Waals surface area contributed by atoms with Crippen LogP contribution in [0.4, 0.5) is 5.69 Å². The van der Waals surface area contributed by atoms with E-state index in [0.717, 1.165) is 6.42 Å². The zero-order valence-corrected chi connectivity index (χ0v) is 14.4. The quantitative estimate of drug-likeness (QED) is 0.631.